The monoisotopic (exact) mass is 655 g/mol. The van der Waals surface area contributed by atoms with E-state index in [0.29, 0.717) is 10.6 Å². The van der Waals surface area contributed by atoms with E-state index in [1.54, 1.807) is 63.2 Å². The van der Waals surface area contributed by atoms with Crippen molar-refractivity contribution >= 4 is 41.3 Å². The smallest absolute Gasteiger partial charge is 0.408 e. The van der Waals surface area contributed by atoms with E-state index in [4.69, 9.17) is 10.6 Å². The van der Waals surface area contributed by atoms with Crippen molar-refractivity contribution in [3.05, 3.63) is 106 Å². The number of rotatable bonds is 9. The van der Waals surface area contributed by atoms with Crippen molar-refractivity contribution in [1.29, 1.82) is 0 Å². The van der Waals surface area contributed by atoms with Crippen LogP contribution in [0, 0.1) is 0 Å². The Hall–Kier alpha value is -5.69. The molecule has 3 aromatic carbocycles. The summed E-state index contributed by atoms with van der Waals surface area (Å²) < 4.78 is 5.15. The van der Waals surface area contributed by atoms with Gasteiger partial charge in [-0.05, 0) is 46.2 Å². The molecule has 48 heavy (non-hydrogen) atoms. The van der Waals surface area contributed by atoms with Gasteiger partial charge in [0.2, 0.25) is 11.8 Å². The number of ketones is 2. The molecular formula is C35H37N5O8. The molecule has 0 aliphatic heterocycles. The van der Waals surface area contributed by atoms with Gasteiger partial charge in [-0.2, -0.15) is 0 Å². The third kappa shape index (κ3) is 7.99. The number of benzene rings is 3. The molecule has 3 aromatic rings. The average molecular weight is 656 g/mol. The summed E-state index contributed by atoms with van der Waals surface area (Å²) >= 11 is 0. The van der Waals surface area contributed by atoms with Gasteiger partial charge in [0.1, 0.15) is 23.7 Å². The van der Waals surface area contributed by atoms with Crippen molar-refractivity contribution in [2.75, 3.05) is 0 Å². The molecule has 4 rings (SSSR count). The molecule has 0 spiro atoms. The lowest BCUT2D eigenvalue weighted by Gasteiger charge is -2.26. The van der Waals surface area contributed by atoms with Crippen LogP contribution in [0.15, 0.2) is 72.8 Å². The number of nitrogens with one attached hydrogen (secondary N) is 3. The fourth-order valence-corrected chi connectivity index (χ4v) is 5.02. The fourth-order valence-electron chi connectivity index (χ4n) is 5.02. The summed E-state index contributed by atoms with van der Waals surface area (Å²) in [6.45, 7) is 7.78. The number of nitrogens with zero attached hydrogens (tertiary/aromatic N) is 1. The van der Waals surface area contributed by atoms with Gasteiger partial charge >= 0.3 is 6.09 Å². The molecule has 3 atom stereocenters. The Morgan fingerprint density at radius 3 is 1.90 bits per heavy atom. The number of ether oxygens (including phenoxy) is 1. The Morgan fingerprint density at radius 2 is 1.27 bits per heavy atom. The molecule has 0 bridgehead atoms. The fraction of sp³-hybridized carbons (Fsp3) is 0.286. The van der Waals surface area contributed by atoms with Crippen LogP contribution in [0.3, 0.4) is 0 Å². The molecule has 5 amide bonds. The summed E-state index contributed by atoms with van der Waals surface area (Å²) in [7, 11) is 0. The second kappa shape index (κ2) is 14.4. The maximum absolute atomic E-state index is 13.8. The van der Waals surface area contributed by atoms with Crippen LogP contribution in [0.1, 0.15) is 82.4 Å². The third-order valence-corrected chi connectivity index (χ3v) is 7.41. The molecule has 1 aliphatic carbocycles. The van der Waals surface area contributed by atoms with Crippen LogP contribution in [0.2, 0.25) is 0 Å². The van der Waals surface area contributed by atoms with Crippen LogP contribution >= 0.6 is 0 Å². The number of hydrazine groups is 1. The highest BCUT2D eigenvalue weighted by Crippen LogP contribution is 2.30. The topological polar surface area (TPSA) is 194 Å². The summed E-state index contributed by atoms with van der Waals surface area (Å²) in [6.07, 6.45) is -0.903. The number of hydrogen-bond donors (Lipinski definition) is 4. The molecule has 0 fully saturated rings. The van der Waals surface area contributed by atoms with E-state index in [0.717, 1.165) is 0 Å². The molecule has 0 radical (unpaired) electrons. The number of carbonyl (C=O) groups is 7. The number of nitrogens with two attached hydrogens (primary N) is 1. The van der Waals surface area contributed by atoms with Gasteiger partial charge in [-0.1, -0.05) is 66.7 Å². The first kappa shape index (κ1) is 35.2. The Bertz CT molecular complexity index is 1780. The van der Waals surface area contributed by atoms with Crippen molar-refractivity contribution in [2.24, 2.45) is 5.84 Å². The summed E-state index contributed by atoms with van der Waals surface area (Å²) in [5, 5.41) is 7.71. The number of fused-ring (bicyclic) bond motifs is 2. The summed E-state index contributed by atoms with van der Waals surface area (Å²) in [5.41, 5.74) is -0.285. The van der Waals surface area contributed by atoms with Gasteiger partial charge in [-0.25, -0.2) is 15.6 Å². The molecule has 5 N–H and O–H groups in total. The van der Waals surface area contributed by atoms with Crippen LogP contribution in [-0.2, 0) is 25.5 Å². The van der Waals surface area contributed by atoms with Crippen LogP contribution in [0.4, 0.5) is 4.79 Å². The van der Waals surface area contributed by atoms with Crippen molar-refractivity contribution in [2.45, 2.75) is 64.8 Å². The number of imide groups is 1. The van der Waals surface area contributed by atoms with E-state index in [9.17, 15) is 33.6 Å². The van der Waals surface area contributed by atoms with E-state index in [-0.39, 0.29) is 34.2 Å². The standard InChI is InChI=1S/C35H37N5O8/c1-19(37-30(43)20(2)38-34(47)48-35(3,4)5)31(44)39-26(18-21-12-7-6-8-13-21)33(46)40(36)32(45)25-17-11-16-24-27(25)29(42)23-15-10-9-14-22(23)28(24)41/h6-17,19-20,26H,18,36H2,1-5H3,(H,37,43)(H,38,47)(H,39,44)/t19-,20-,26+/m0/s1. The molecule has 1 aliphatic rings. The van der Waals surface area contributed by atoms with Crippen LogP contribution in [-0.4, -0.2) is 70.0 Å². The van der Waals surface area contributed by atoms with Crippen molar-refractivity contribution in [3.8, 4) is 0 Å². The minimum absolute atomic E-state index is 0.000472. The van der Waals surface area contributed by atoms with Gasteiger partial charge < -0.3 is 20.7 Å². The first-order valence-electron chi connectivity index (χ1n) is 15.2. The normalized spacial score (nSPS) is 14.0. The molecule has 0 heterocycles. The minimum Gasteiger partial charge on any atom is -0.444 e. The molecule has 13 heteroatoms. The predicted octanol–water partition coefficient (Wildman–Crippen LogP) is 2.45. The molecule has 0 saturated heterocycles. The Labute approximate surface area is 277 Å². The SMILES string of the molecule is C[C@H](NC(=O)OC(C)(C)C)C(=O)N[C@@H](C)C(=O)N[C@H](Cc1ccccc1)C(=O)N(N)C(=O)c1cccc2c1C(=O)c1ccccc1C2=O. The Balaban J connectivity index is 1.53. The minimum atomic E-state index is -1.39. The van der Waals surface area contributed by atoms with Crippen molar-refractivity contribution < 1.29 is 38.3 Å². The maximum atomic E-state index is 13.8. The zero-order valence-electron chi connectivity index (χ0n) is 27.2. The second-order valence-corrected chi connectivity index (χ2v) is 12.3. The lowest BCUT2D eigenvalue weighted by atomic mass is 9.81. The van der Waals surface area contributed by atoms with Gasteiger partial charge in [0.25, 0.3) is 11.8 Å². The molecule has 0 unspecified atom stereocenters. The van der Waals surface area contributed by atoms with Crippen molar-refractivity contribution in [3.63, 3.8) is 0 Å². The zero-order valence-corrected chi connectivity index (χ0v) is 27.2. The zero-order chi connectivity index (χ0) is 35.3. The van der Waals surface area contributed by atoms with E-state index >= 15 is 0 Å². The second-order valence-electron chi connectivity index (χ2n) is 12.3. The quantitative estimate of drug-likeness (QED) is 0.119. The average Bonchev–Trinajstić information content (AvgIpc) is 3.04. The molecule has 13 nitrogen and oxygen atoms in total. The molecule has 0 saturated carbocycles. The Kier molecular flexibility index (Phi) is 10.5. The van der Waals surface area contributed by atoms with E-state index in [1.165, 1.54) is 44.2 Å². The largest absolute Gasteiger partial charge is 0.444 e. The summed E-state index contributed by atoms with van der Waals surface area (Å²) in [6, 6.07) is 15.3. The molecule has 0 aromatic heterocycles. The molecule has 250 valence electrons. The van der Waals surface area contributed by atoms with Gasteiger partial charge in [0.15, 0.2) is 11.6 Å². The maximum Gasteiger partial charge on any atom is 0.408 e. The van der Waals surface area contributed by atoms with Gasteiger partial charge in [0, 0.05) is 28.7 Å². The van der Waals surface area contributed by atoms with Crippen LogP contribution in [0.5, 0.6) is 0 Å². The number of carbonyl (C=O) groups excluding carboxylic acids is 7. The first-order valence-corrected chi connectivity index (χ1v) is 15.2. The summed E-state index contributed by atoms with van der Waals surface area (Å²) in [5.74, 6) is 1.51. The lowest BCUT2D eigenvalue weighted by molar-refractivity contribution is -0.135. The first-order chi connectivity index (χ1) is 22.6. The highest BCUT2D eigenvalue weighted by Gasteiger charge is 2.36. The summed E-state index contributed by atoms with van der Waals surface area (Å²) in [4.78, 5) is 92.1. The van der Waals surface area contributed by atoms with Crippen LogP contribution < -0.4 is 21.8 Å². The van der Waals surface area contributed by atoms with Crippen LogP contribution in [0.25, 0.3) is 0 Å². The number of amides is 5. The van der Waals surface area contributed by atoms with Gasteiger partial charge in [-0.3, -0.25) is 28.8 Å². The van der Waals surface area contributed by atoms with E-state index in [2.05, 4.69) is 16.0 Å². The lowest BCUT2D eigenvalue weighted by Crippen LogP contribution is -2.58. The van der Waals surface area contributed by atoms with Crippen molar-refractivity contribution in [1.82, 2.24) is 21.0 Å². The van der Waals surface area contributed by atoms with Gasteiger partial charge in [-0.15, -0.1) is 0 Å². The van der Waals surface area contributed by atoms with E-state index in [1.807, 2.05) is 0 Å². The highest BCUT2D eigenvalue weighted by atomic mass is 16.6. The number of alkyl carbamates (subject to hydrolysis) is 1. The predicted molar refractivity (Wildman–Crippen MR) is 174 cm³/mol. The molecular weight excluding hydrogens is 618 g/mol. The highest BCUT2D eigenvalue weighted by molar-refractivity contribution is 6.31. The van der Waals surface area contributed by atoms with E-state index < -0.39 is 65.0 Å². The number of hydrogen-bond acceptors (Lipinski definition) is 9. The Morgan fingerprint density at radius 1 is 0.729 bits per heavy atom. The third-order valence-electron chi connectivity index (χ3n) is 7.41. The van der Waals surface area contributed by atoms with Gasteiger partial charge in [0.05, 0.1) is 5.56 Å².